The zero-order chi connectivity index (χ0) is 25.4. The van der Waals surface area contributed by atoms with Gasteiger partial charge in [0.1, 0.15) is 16.6 Å². The third kappa shape index (κ3) is 6.20. The van der Waals surface area contributed by atoms with E-state index in [1.54, 1.807) is 13.8 Å². The normalized spacial score (nSPS) is 11.6. The van der Waals surface area contributed by atoms with E-state index in [0.717, 1.165) is 17.3 Å². The van der Waals surface area contributed by atoms with Crippen LogP contribution in [0.25, 0.3) is 11.1 Å². The number of aromatic nitrogens is 3. The molecule has 0 saturated heterocycles. The van der Waals surface area contributed by atoms with Crippen molar-refractivity contribution in [3.05, 3.63) is 41.3 Å². The first-order valence-electron chi connectivity index (χ1n) is 11.0. The number of benzene rings is 1. The lowest BCUT2D eigenvalue weighted by atomic mass is 10.0. The van der Waals surface area contributed by atoms with Crippen LogP contribution < -0.4 is 11.1 Å². The van der Waals surface area contributed by atoms with Crippen LogP contribution in [0.15, 0.2) is 40.9 Å². The Hall–Kier alpha value is -3.38. The predicted molar refractivity (Wildman–Crippen MR) is 135 cm³/mol. The summed E-state index contributed by atoms with van der Waals surface area (Å²) in [7, 11) is 0. The summed E-state index contributed by atoms with van der Waals surface area (Å²) in [4.78, 5) is 38.0. The van der Waals surface area contributed by atoms with Gasteiger partial charge in [0, 0.05) is 10.9 Å². The topological polar surface area (TPSA) is 138 Å². The molecule has 0 saturated carbocycles. The number of hydrogen-bond acceptors (Lipinski definition) is 10. The first-order valence-corrected chi connectivity index (χ1v) is 12.9. The molecule has 1 atom stereocenters. The molecule has 1 amide bonds. The molecule has 3 aromatic rings. The summed E-state index contributed by atoms with van der Waals surface area (Å²) in [6, 6.07) is 8.63. The van der Waals surface area contributed by atoms with Crippen molar-refractivity contribution >= 4 is 51.9 Å². The fourth-order valence-electron chi connectivity index (χ4n) is 3.37. The monoisotopic (exact) mass is 517 g/mol. The number of nitrogens with two attached hydrogens (primary N) is 1. The number of carbonyl (C=O) groups excluding carboxylic acids is 3. The van der Waals surface area contributed by atoms with Crippen molar-refractivity contribution in [2.75, 3.05) is 30.0 Å². The van der Waals surface area contributed by atoms with E-state index in [4.69, 9.17) is 15.2 Å². The maximum atomic E-state index is 13.4. The Labute approximate surface area is 211 Å². The van der Waals surface area contributed by atoms with E-state index in [9.17, 15) is 14.4 Å². The third-order valence-electron chi connectivity index (χ3n) is 4.91. The molecule has 1 aromatic carbocycles. The standard InChI is InChI=1S/C23H27N5O5S2/c1-4-16(28-22(24)26-27-23(28)35-13-17(29)32-5-2)19(30)25-20-18(21(31)33-6-3)15(12-34-20)14-10-8-7-9-11-14/h7-12,16H,4-6,13H2,1-3H3,(H2,24,26)(H,25,30). The maximum absolute atomic E-state index is 13.4. The first kappa shape index (κ1) is 26.2. The van der Waals surface area contributed by atoms with Gasteiger partial charge in [-0.05, 0) is 25.8 Å². The van der Waals surface area contributed by atoms with Gasteiger partial charge in [-0.3, -0.25) is 14.2 Å². The van der Waals surface area contributed by atoms with Crippen LogP contribution in [0.1, 0.15) is 43.6 Å². The van der Waals surface area contributed by atoms with Gasteiger partial charge < -0.3 is 20.5 Å². The van der Waals surface area contributed by atoms with Gasteiger partial charge >= 0.3 is 11.9 Å². The first-order chi connectivity index (χ1) is 16.9. The number of hydrogen-bond donors (Lipinski definition) is 2. The van der Waals surface area contributed by atoms with E-state index >= 15 is 0 Å². The van der Waals surface area contributed by atoms with Crippen LogP contribution in [0.3, 0.4) is 0 Å². The Kier molecular flexibility index (Phi) is 9.26. The summed E-state index contributed by atoms with van der Waals surface area (Å²) >= 11 is 2.32. The number of ether oxygens (including phenoxy) is 2. The van der Waals surface area contributed by atoms with Gasteiger partial charge in [0.25, 0.3) is 0 Å². The lowest BCUT2D eigenvalue weighted by Crippen LogP contribution is -2.27. The molecule has 12 heteroatoms. The van der Waals surface area contributed by atoms with Crippen molar-refractivity contribution in [1.82, 2.24) is 14.8 Å². The van der Waals surface area contributed by atoms with E-state index in [0.29, 0.717) is 27.7 Å². The molecule has 0 radical (unpaired) electrons. The number of anilines is 2. The number of esters is 2. The Morgan fingerprint density at radius 1 is 1.11 bits per heavy atom. The minimum Gasteiger partial charge on any atom is -0.465 e. The molecule has 1 unspecified atom stereocenters. The molecule has 0 spiro atoms. The lowest BCUT2D eigenvalue weighted by Gasteiger charge is -2.19. The summed E-state index contributed by atoms with van der Waals surface area (Å²) in [5.41, 5.74) is 7.82. The highest BCUT2D eigenvalue weighted by Crippen LogP contribution is 2.37. The van der Waals surface area contributed by atoms with Gasteiger partial charge in [0.2, 0.25) is 11.9 Å². The number of nitrogens with one attached hydrogen (secondary N) is 1. The summed E-state index contributed by atoms with van der Waals surface area (Å²) < 4.78 is 11.7. The highest BCUT2D eigenvalue weighted by Gasteiger charge is 2.28. The molecule has 3 rings (SSSR count). The smallest absolute Gasteiger partial charge is 0.341 e. The van der Waals surface area contributed by atoms with Crippen LogP contribution >= 0.6 is 23.1 Å². The number of carbonyl (C=O) groups is 3. The molecule has 186 valence electrons. The number of rotatable bonds is 11. The van der Waals surface area contributed by atoms with Crippen LogP contribution in [0.2, 0.25) is 0 Å². The van der Waals surface area contributed by atoms with Crippen molar-refractivity contribution in [1.29, 1.82) is 0 Å². The quantitative estimate of drug-likeness (QED) is 0.285. The molecule has 0 bridgehead atoms. The minimum atomic E-state index is -0.771. The van der Waals surface area contributed by atoms with E-state index in [1.165, 1.54) is 15.9 Å². The predicted octanol–water partition coefficient (Wildman–Crippen LogP) is 4.01. The van der Waals surface area contributed by atoms with Crippen molar-refractivity contribution < 1.29 is 23.9 Å². The van der Waals surface area contributed by atoms with Gasteiger partial charge in [-0.15, -0.1) is 21.5 Å². The Morgan fingerprint density at radius 3 is 2.49 bits per heavy atom. The second kappa shape index (κ2) is 12.4. The summed E-state index contributed by atoms with van der Waals surface area (Å²) in [6.07, 6.45) is 0.368. The van der Waals surface area contributed by atoms with Gasteiger partial charge in [-0.1, -0.05) is 49.0 Å². The van der Waals surface area contributed by atoms with Crippen LogP contribution in [0.4, 0.5) is 10.9 Å². The number of amides is 1. The maximum Gasteiger partial charge on any atom is 0.341 e. The molecular weight excluding hydrogens is 490 g/mol. The van der Waals surface area contributed by atoms with Gasteiger partial charge in [-0.25, -0.2) is 4.79 Å². The Bertz CT molecular complexity index is 1180. The molecule has 0 aliphatic rings. The zero-order valence-corrected chi connectivity index (χ0v) is 21.3. The van der Waals surface area contributed by atoms with Crippen molar-refractivity contribution in [2.45, 2.75) is 38.4 Å². The third-order valence-corrected chi connectivity index (χ3v) is 6.72. The Morgan fingerprint density at radius 2 is 1.83 bits per heavy atom. The minimum absolute atomic E-state index is 0.00237. The van der Waals surface area contributed by atoms with Crippen LogP contribution in [-0.4, -0.2) is 51.6 Å². The van der Waals surface area contributed by atoms with E-state index in [1.807, 2.05) is 42.6 Å². The van der Waals surface area contributed by atoms with E-state index in [-0.39, 0.29) is 24.9 Å². The van der Waals surface area contributed by atoms with Gasteiger partial charge in [0.05, 0.1) is 19.0 Å². The number of thiophene rings is 1. The second-order valence-corrected chi connectivity index (χ2v) is 8.98. The second-order valence-electron chi connectivity index (χ2n) is 7.16. The molecule has 2 heterocycles. The summed E-state index contributed by atoms with van der Waals surface area (Å²) in [6.45, 7) is 5.73. The van der Waals surface area contributed by atoms with Gasteiger partial charge in [0.15, 0.2) is 5.16 Å². The zero-order valence-electron chi connectivity index (χ0n) is 19.6. The van der Waals surface area contributed by atoms with Crippen molar-refractivity contribution in [3.8, 4) is 11.1 Å². The molecular formula is C23H27N5O5S2. The molecule has 10 nitrogen and oxygen atoms in total. The number of nitrogens with zero attached hydrogens (tertiary/aromatic N) is 3. The Balaban J connectivity index is 1.89. The summed E-state index contributed by atoms with van der Waals surface area (Å²) in [5.74, 6) is -1.29. The molecule has 0 aliphatic carbocycles. The molecule has 2 aromatic heterocycles. The average Bonchev–Trinajstić information content (AvgIpc) is 3.43. The molecule has 0 fully saturated rings. The van der Waals surface area contributed by atoms with Crippen LogP contribution in [-0.2, 0) is 19.1 Å². The fourth-order valence-corrected chi connectivity index (χ4v) is 5.12. The lowest BCUT2D eigenvalue weighted by molar-refractivity contribution is -0.139. The fraction of sp³-hybridized carbons (Fsp3) is 0.348. The number of nitrogen functional groups attached to an aromatic ring is 1. The highest BCUT2D eigenvalue weighted by molar-refractivity contribution is 7.99. The van der Waals surface area contributed by atoms with Gasteiger partial charge in [-0.2, -0.15) is 0 Å². The molecule has 35 heavy (non-hydrogen) atoms. The van der Waals surface area contributed by atoms with Crippen molar-refractivity contribution in [2.24, 2.45) is 0 Å². The van der Waals surface area contributed by atoms with Crippen LogP contribution in [0, 0.1) is 0 Å². The van der Waals surface area contributed by atoms with E-state index in [2.05, 4.69) is 15.5 Å². The molecule has 3 N–H and O–H groups in total. The van der Waals surface area contributed by atoms with E-state index < -0.39 is 23.9 Å². The highest BCUT2D eigenvalue weighted by atomic mass is 32.2. The van der Waals surface area contributed by atoms with Crippen LogP contribution in [0.5, 0.6) is 0 Å². The largest absolute Gasteiger partial charge is 0.465 e. The molecule has 0 aliphatic heterocycles. The summed E-state index contributed by atoms with van der Waals surface area (Å²) in [5, 5.41) is 13.3. The number of thioether (sulfide) groups is 1. The van der Waals surface area contributed by atoms with Crippen molar-refractivity contribution in [3.63, 3.8) is 0 Å². The average molecular weight is 518 g/mol. The SMILES string of the molecule is CCOC(=O)CSc1nnc(N)n1C(CC)C(=O)Nc1scc(-c2ccccc2)c1C(=O)OCC.